The van der Waals surface area contributed by atoms with Gasteiger partial charge in [0.1, 0.15) is 12.2 Å². The predicted octanol–water partition coefficient (Wildman–Crippen LogP) is 6.35. The minimum absolute atomic E-state index is 0.0280. The second-order valence-corrected chi connectivity index (χ2v) is 14.1. The number of amides is 2. The van der Waals surface area contributed by atoms with Crippen LogP contribution in [0.3, 0.4) is 0 Å². The highest BCUT2D eigenvalue weighted by atomic mass is 16.6. The molecular formula is C36H43N7O4. The molecule has 2 aromatic heterocycles. The molecule has 7 rings (SSSR count). The SMILES string of the molecule is CC(C)(C)OC(=O)NC1CCN(c2ccc3ncc(-c4cn(C5CC(CNC(=O)OCc6ccccc6)C5)nc4C4CC4)nc3c2)C1. The third-order valence-corrected chi connectivity index (χ3v) is 9.13. The maximum Gasteiger partial charge on any atom is 0.407 e. The van der Waals surface area contributed by atoms with Crippen molar-refractivity contribution >= 4 is 28.9 Å². The first-order chi connectivity index (χ1) is 22.7. The summed E-state index contributed by atoms with van der Waals surface area (Å²) in [6, 6.07) is 16.2. The van der Waals surface area contributed by atoms with Crippen LogP contribution in [0.2, 0.25) is 0 Å². The zero-order chi connectivity index (χ0) is 32.5. The van der Waals surface area contributed by atoms with Gasteiger partial charge in [0.15, 0.2) is 0 Å². The molecule has 4 aromatic rings. The molecule has 3 aliphatic rings. The third kappa shape index (κ3) is 7.50. The Balaban J connectivity index is 0.978. The van der Waals surface area contributed by atoms with Gasteiger partial charge in [0.2, 0.25) is 0 Å². The summed E-state index contributed by atoms with van der Waals surface area (Å²) in [4.78, 5) is 36.6. The minimum Gasteiger partial charge on any atom is -0.445 e. The van der Waals surface area contributed by atoms with Crippen molar-refractivity contribution in [1.82, 2.24) is 30.4 Å². The van der Waals surface area contributed by atoms with E-state index < -0.39 is 5.60 Å². The average molecular weight is 638 g/mol. The number of carbonyl (C=O) groups is 2. The van der Waals surface area contributed by atoms with E-state index in [9.17, 15) is 9.59 Å². The summed E-state index contributed by atoms with van der Waals surface area (Å²) >= 11 is 0. The Morgan fingerprint density at radius 3 is 2.57 bits per heavy atom. The molecule has 2 aliphatic carbocycles. The van der Waals surface area contributed by atoms with Gasteiger partial charge in [-0.2, -0.15) is 5.10 Å². The first-order valence-electron chi connectivity index (χ1n) is 16.7. The van der Waals surface area contributed by atoms with Crippen LogP contribution < -0.4 is 15.5 Å². The minimum atomic E-state index is -0.523. The zero-order valence-corrected chi connectivity index (χ0v) is 27.3. The lowest BCUT2D eigenvalue weighted by atomic mass is 9.80. The Hall–Kier alpha value is -4.67. The van der Waals surface area contributed by atoms with Crippen LogP contribution in [0.15, 0.2) is 60.9 Å². The van der Waals surface area contributed by atoms with E-state index in [2.05, 4.69) is 38.5 Å². The predicted molar refractivity (Wildman–Crippen MR) is 179 cm³/mol. The highest BCUT2D eigenvalue weighted by Crippen LogP contribution is 2.45. The first kappa shape index (κ1) is 31.0. The van der Waals surface area contributed by atoms with Crippen molar-refractivity contribution in [3.8, 4) is 11.3 Å². The van der Waals surface area contributed by atoms with Gasteiger partial charge in [-0.15, -0.1) is 0 Å². The highest BCUT2D eigenvalue weighted by molar-refractivity contribution is 5.81. The number of aromatic nitrogens is 4. The van der Waals surface area contributed by atoms with Crippen LogP contribution in [-0.4, -0.2) is 63.2 Å². The fourth-order valence-corrected chi connectivity index (χ4v) is 6.45. The molecule has 11 heteroatoms. The Bertz CT molecular complexity index is 1740. The average Bonchev–Trinajstić information content (AvgIpc) is 3.61. The summed E-state index contributed by atoms with van der Waals surface area (Å²) in [6.45, 7) is 8.02. The van der Waals surface area contributed by atoms with Crippen LogP contribution >= 0.6 is 0 Å². The number of hydrogen-bond acceptors (Lipinski definition) is 8. The number of fused-ring (bicyclic) bond motifs is 1. The summed E-state index contributed by atoms with van der Waals surface area (Å²) in [5.74, 6) is 0.857. The summed E-state index contributed by atoms with van der Waals surface area (Å²) in [7, 11) is 0. The third-order valence-electron chi connectivity index (χ3n) is 9.13. The lowest BCUT2D eigenvalue weighted by molar-refractivity contribution is 0.0509. The first-order valence-corrected chi connectivity index (χ1v) is 16.7. The van der Waals surface area contributed by atoms with E-state index in [4.69, 9.17) is 24.5 Å². The van der Waals surface area contributed by atoms with Crippen molar-refractivity contribution in [3.05, 3.63) is 72.2 Å². The number of benzene rings is 2. The molecule has 1 atom stereocenters. The molecular weight excluding hydrogens is 594 g/mol. The summed E-state index contributed by atoms with van der Waals surface area (Å²) < 4.78 is 12.9. The van der Waals surface area contributed by atoms with E-state index in [1.54, 1.807) is 0 Å². The van der Waals surface area contributed by atoms with Gasteiger partial charge < -0.3 is 25.0 Å². The van der Waals surface area contributed by atoms with Gasteiger partial charge >= 0.3 is 12.2 Å². The standard InChI is InChI=1S/C36H43N7O4/c1-36(2,3)47-35(45)39-26-13-14-42(20-26)27-11-12-30-31(17-27)40-32(19-37-30)29-21-43(41-33(29)25-9-10-25)28-15-24(16-28)18-38-34(44)46-22-23-7-5-4-6-8-23/h4-8,11-12,17,19,21,24-26,28H,9-10,13-16,18,20,22H2,1-3H3,(H,38,44)(H,39,45). The van der Waals surface area contributed by atoms with Crippen molar-refractivity contribution in [3.63, 3.8) is 0 Å². The Kier molecular flexibility index (Phi) is 8.46. The van der Waals surface area contributed by atoms with Gasteiger partial charge in [0.25, 0.3) is 0 Å². The number of hydrogen-bond donors (Lipinski definition) is 2. The molecule has 2 N–H and O–H groups in total. The van der Waals surface area contributed by atoms with E-state index in [1.807, 2.05) is 63.4 Å². The number of anilines is 1. The molecule has 2 saturated carbocycles. The van der Waals surface area contributed by atoms with Gasteiger partial charge in [-0.05, 0) is 82.6 Å². The second-order valence-electron chi connectivity index (χ2n) is 14.1. The van der Waals surface area contributed by atoms with Gasteiger partial charge in [-0.1, -0.05) is 30.3 Å². The molecule has 0 bridgehead atoms. The Morgan fingerprint density at radius 1 is 1.00 bits per heavy atom. The molecule has 3 heterocycles. The quantitative estimate of drug-likeness (QED) is 0.218. The number of rotatable bonds is 9. The van der Waals surface area contributed by atoms with Crippen LogP contribution in [0, 0.1) is 5.92 Å². The summed E-state index contributed by atoms with van der Waals surface area (Å²) in [5.41, 5.74) is 6.20. The number of nitrogens with zero attached hydrogens (tertiary/aromatic N) is 5. The number of alkyl carbamates (subject to hydrolysis) is 2. The largest absolute Gasteiger partial charge is 0.445 e. The lowest BCUT2D eigenvalue weighted by Crippen LogP contribution is -2.40. The van der Waals surface area contributed by atoms with Crippen LogP contribution in [0.25, 0.3) is 22.3 Å². The van der Waals surface area contributed by atoms with Crippen molar-refractivity contribution < 1.29 is 19.1 Å². The topological polar surface area (TPSA) is 124 Å². The van der Waals surface area contributed by atoms with Crippen LogP contribution in [-0.2, 0) is 16.1 Å². The summed E-state index contributed by atoms with van der Waals surface area (Å²) in [6.07, 6.45) is 8.30. The molecule has 47 heavy (non-hydrogen) atoms. The molecule has 11 nitrogen and oxygen atoms in total. The number of ether oxygens (including phenoxy) is 2. The monoisotopic (exact) mass is 637 g/mol. The Labute approximate surface area is 275 Å². The molecule has 1 unspecified atom stereocenters. The highest BCUT2D eigenvalue weighted by Gasteiger charge is 2.35. The molecule has 3 fully saturated rings. The lowest BCUT2D eigenvalue weighted by Gasteiger charge is -2.35. The molecule has 2 amide bonds. The Morgan fingerprint density at radius 2 is 1.81 bits per heavy atom. The summed E-state index contributed by atoms with van der Waals surface area (Å²) in [5, 5.41) is 11.0. The molecule has 2 aromatic carbocycles. The smallest absolute Gasteiger partial charge is 0.407 e. The fourth-order valence-electron chi connectivity index (χ4n) is 6.45. The molecule has 1 saturated heterocycles. The number of carbonyl (C=O) groups excluding carboxylic acids is 2. The van der Waals surface area contributed by atoms with E-state index in [-0.39, 0.29) is 24.8 Å². The van der Waals surface area contributed by atoms with Gasteiger partial charge in [0, 0.05) is 43.0 Å². The zero-order valence-electron chi connectivity index (χ0n) is 27.3. The van der Waals surface area contributed by atoms with Gasteiger partial charge in [-0.25, -0.2) is 14.6 Å². The van der Waals surface area contributed by atoms with E-state index in [1.165, 1.54) is 0 Å². The molecule has 246 valence electrons. The van der Waals surface area contributed by atoms with Crippen molar-refractivity contribution in [2.24, 2.45) is 5.92 Å². The molecule has 1 aliphatic heterocycles. The van der Waals surface area contributed by atoms with Crippen LogP contribution in [0.5, 0.6) is 0 Å². The van der Waals surface area contributed by atoms with E-state index in [0.29, 0.717) is 31.0 Å². The van der Waals surface area contributed by atoms with Crippen molar-refractivity contribution in [2.45, 2.75) is 83.1 Å². The van der Waals surface area contributed by atoms with Gasteiger partial charge in [-0.3, -0.25) is 9.67 Å². The van der Waals surface area contributed by atoms with Gasteiger partial charge in [0.05, 0.1) is 40.7 Å². The molecule has 0 radical (unpaired) electrons. The fraction of sp³-hybridized carbons (Fsp3) is 0.472. The maximum atomic E-state index is 12.3. The van der Waals surface area contributed by atoms with Crippen molar-refractivity contribution in [2.75, 3.05) is 24.5 Å². The van der Waals surface area contributed by atoms with E-state index >= 15 is 0 Å². The van der Waals surface area contributed by atoms with E-state index in [0.717, 1.165) is 77.9 Å². The number of nitrogens with one attached hydrogen (secondary N) is 2. The van der Waals surface area contributed by atoms with Crippen LogP contribution in [0.4, 0.5) is 15.3 Å². The molecule has 0 spiro atoms. The normalized spacial score (nSPS) is 20.9. The second kappa shape index (κ2) is 12.8. The van der Waals surface area contributed by atoms with Crippen LogP contribution in [0.1, 0.15) is 76.1 Å². The maximum absolute atomic E-state index is 12.3. The van der Waals surface area contributed by atoms with Crippen molar-refractivity contribution in [1.29, 1.82) is 0 Å².